The van der Waals surface area contributed by atoms with E-state index in [0.717, 1.165) is 89.0 Å². The van der Waals surface area contributed by atoms with Gasteiger partial charge in [0.05, 0.1) is 51.5 Å². The van der Waals surface area contributed by atoms with E-state index in [9.17, 15) is 0 Å². The molecular formula is C39H58IN7O4Si. The number of rotatable bonds is 14. The summed E-state index contributed by atoms with van der Waals surface area (Å²) in [5.41, 5.74) is 5.07. The summed E-state index contributed by atoms with van der Waals surface area (Å²) in [5.74, 6) is 1.46. The lowest BCUT2D eigenvalue weighted by Crippen LogP contribution is -2.42. The van der Waals surface area contributed by atoms with E-state index in [1.165, 1.54) is 5.69 Å². The van der Waals surface area contributed by atoms with Crippen LogP contribution in [0.25, 0.3) is 28.1 Å². The van der Waals surface area contributed by atoms with Crippen LogP contribution >= 0.6 is 22.6 Å². The van der Waals surface area contributed by atoms with E-state index in [2.05, 4.69) is 103 Å². The minimum atomic E-state index is -1.88. The summed E-state index contributed by atoms with van der Waals surface area (Å²) in [6, 6.07) is 6.69. The van der Waals surface area contributed by atoms with Crippen molar-refractivity contribution in [2.75, 3.05) is 19.8 Å². The van der Waals surface area contributed by atoms with Gasteiger partial charge in [0, 0.05) is 31.6 Å². The summed E-state index contributed by atoms with van der Waals surface area (Å²) in [5, 5.41) is 15.7. The molecule has 2 unspecified atom stereocenters. The lowest BCUT2D eigenvalue weighted by Gasteiger charge is -2.36. The smallest absolute Gasteiger partial charge is 0.246 e. The van der Waals surface area contributed by atoms with E-state index in [4.69, 9.17) is 28.8 Å². The molecule has 11 nitrogen and oxygen atoms in total. The number of hydrogen-bond acceptors (Lipinski definition) is 8. The first-order valence-corrected chi connectivity index (χ1v) is 22.9. The van der Waals surface area contributed by atoms with Gasteiger partial charge >= 0.3 is 0 Å². The van der Waals surface area contributed by atoms with Crippen LogP contribution in [-0.2, 0) is 29.3 Å². The zero-order valence-electron chi connectivity index (χ0n) is 32.6. The first-order chi connectivity index (χ1) is 24.7. The van der Waals surface area contributed by atoms with Crippen molar-refractivity contribution in [3.05, 3.63) is 45.9 Å². The van der Waals surface area contributed by atoms with Crippen LogP contribution in [0, 0.1) is 3.57 Å². The summed E-state index contributed by atoms with van der Waals surface area (Å²) in [6.45, 7) is 25.6. The Balaban J connectivity index is 1.21. The summed E-state index contributed by atoms with van der Waals surface area (Å²) in [6.07, 6.45) is 9.03. The number of benzene rings is 1. The van der Waals surface area contributed by atoms with Crippen LogP contribution < -0.4 is 9.47 Å². The first kappa shape index (κ1) is 39.0. The molecule has 2 aliphatic heterocycles. The second-order valence-corrected chi connectivity index (χ2v) is 22.0. The molecule has 284 valence electrons. The number of likely N-dealkylation sites (tertiary alicyclic amines) is 1. The van der Waals surface area contributed by atoms with Crippen molar-refractivity contribution in [1.29, 1.82) is 0 Å². The van der Waals surface area contributed by atoms with Crippen molar-refractivity contribution in [2.24, 2.45) is 7.05 Å². The molecule has 0 spiro atoms. The second-order valence-electron chi connectivity index (χ2n) is 16.1. The van der Waals surface area contributed by atoms with Gasteiger partial charge in [0.15, 0.2) is 14.5 Å². The van der Waals surface area contributed by atoms with Crippen LogP contribution in [0.5, 0.6) is 11.8 Å². The molecule has 0 N–H and O–H groups in total. The van der Waals surface area contributed by atoms with Crippen LogP contribution in [0.1, 0.15) is 91.3 Å². The molecule has 0 radical (unpaired) electrons. The van der Waals surface area contributed by atoms with Gasteiger partial charge in [0.25, 0.3) is 0 Å². The fraction of sp³-hybridized carbons (Fsp3) is 0.615. The molecule has 2 aliphatic rings. The molecule has 6 rings (SSSR count). The van der Waals surface area contributed by atoms with E-state index in [1.54, 1.807) is 0 Å². The zero-order chi connectivity index (χ0) is 37.4. The minimum Gasteiger partial charge on any atom is -0.473 e. The Morgan fingerprint density at radius 3 is 2.58 bits per heavy atom. The van der Waals surface area contributed by atoms with Gasteiger partial charge in [-0.2, -0.15) is 10.2 Å². The molecule has 5 heterocycles. The molecule has 1 aromatic carbocycles. The Morgan fingerprint density at radius 1 is 1.10 bits per heavy atom. The number of nitrogens with zero attached hydrogens (tertiary/aromatic N) is 7. The molecule has 2 fully saturated rings. The topological polar surface area (TPSA) is 93.6 Å². The normalized spacial score (nSPS) is 19.5. The van der Waals surface area contributed by atoms with Gasteiger partial charge < -0.3 is 18.6 Å². The standard InChI is InChI=1S/C39H58IN7O4Si/c1-11-31-29-23-28(17-18-33(29)47(42-31)35-16-12-13-21-48-35)30-24-41-44(8)38(30)51-27(4)32-15-14-19-45(32)25-34-36(40)37(50-26(2)3)43-46(34)20-22-49-52(9,10)39(5,6)7/h11,17-18,23-24,26-27,32,35H,1,12-16,19-22,25H2,2-10H3/t27?,32-,35?/m1/s1. The summed E-state index contributed by atoms with van der Waals surface area (Å²) in [4.78, 5) is 2.55. The number of aryl methyl sites for hydroxylation is 1. The largest absolute Gasteiger partial charge is 0.473 e. The average Bonchev–Trinajstić information content (AvgIpc) is 3.87. The molecule has 4 aromatic rings. The molecule has 3 aromatic heterocycles. The third-order valence-electron chi connectivity index (χ3n) is 11.0. The van der Waals surface area contributed by atoms with Crippen molar-refractivity contribution in [3.8, 4) is 22.9 Å². The highest BCUT2D eigenvalue weighted by molar-refractivity contribution is 14.1. The SMILES string of the molecule is C=Cc1nn(C2CCCCO2)c2ccc(-c3cnn(C)c3OC(C)[C@H]3CCCN3Cc3c(I)c(OC(C)C)nn3CCO[Si](C)(C)C(C)(C)C)cc12. The van der Waals surface area contributed by atoms with Gasteiger partial charge in [-0.05, 0) is 124 Å². The summed E-state index contributed by atoms with van der Waals surface area (Å²) < 4.78 is 32.8. The molecule has 2 saturated heterocycles. The van der Waals surface area contributed by atoms with Crippen LogP contribution in [0.15, 0.2) is 31.0 Å². The predicted molar refractivity (Wildman–Crippen MR) is 218 cm³/mol. The van der Waals surface area contributed by atoms with E-state index >= 15 is 0 Å². The van der Waals surface area contributed by atoms with E-state index in [0.29, 0.717) is 19.0 Å². The Kier molecular flexibility index (Phi) is 12.0. The molecule has 0 saturated carbocycles. The number of hydrogen-bond donors (Lipinski definition) is 0. The lowest BCUT2D eigenvalue weighted by atomic mass is 10.0. The van der Waals surface area contributed by atoms with E-state index < -0.39 is 8.32 Å². The number of aromatic nitrogens is 6. The number of fused-ring (bicyclic) bond motifs is 1. The van der Waals surface area contributed by atoms with Crippen molar-refractivity contribution in [1.82, 2.24) is 34.2 Å². The van der Waals surface area contributed by atoms with Crippen LogP contribution in [0.4, 0.5) is 0 Å². The molecule has 13 heteroatoms. The van der Waals surface area contributed by atoms with Crippen LogP contribution in [-0.4, -0.2) is 80.6 Å². The van der Waals surface area contributed by atoms with Gasteiger partial charge in [0.2, 0.25) is 11.8 Å². The van der Waals surface area contributed by atoms with Crippen LogP contribution in [0.3, 0.4) is 0 Å². The van der Waals surface area contributed by atoms with Crippen molar-refractivity contribution < 1.29 is 18.6 Å². The zero-order valence-corrected chi connectivity index (χ0v) is 35.8. The lowest BCUT2D eigenvalue weighted by molar-refractivity contribution is -0.0367. The highest BCUT2D eigenvalue weighted by Gasteiger charge is 2.37. The first-order valence-electron chi connectivity index (χ1n) is 18.9. The highest BCUT2D eigenvalue weighted by atomic mass is 127. The molecule has 3 atom stereocenters. The Labute approximate surface area is 324 Å². The fourth-order valence-electron chi connectivity index (χ4n) is 7.10. The fourth-order valence-corrected chi connectivity index (χ4v) is 8.82. The van der Waals surface area contributed by atoms with Crippen molar-refractivity contribution >= 4 is 47.9 Å². The predicted octanol–water partition coefficient (Wildman–Crippen LogP) is 8.82. The number of halogens is 1. The third-order valence-corrected chi connectivity index (χ3v) is 16.7. The van der Waals surface area contributed by atoms with Crippen molar-refractivity contribution in [2.45, 2.75) is 129 Å². The maximum atomic E-state index is 6.88. The quantitative estimate of drug-likeness (QED) is 0.0919. The highest BCUT2D eigenvalue weighted by Crippen LogP contribution is 2.38. The maximum absolute atomic E-state index is 6.88. The number of ether oxygens (including phenoxy) is 3. The average molecular weight is 844 g/mol. The van der Waals surface area contributed by atoms with Gasteiger partial charge in [-0.15, -0.1) is 5.10 Å². The van der Waals surface area contributed by atoms with Gasteiger partial charge in [0.1, 0.15) is 6.10 Å². The Morgan fingerprint density at radius 2 is 1.88 bits per heavy atom. The van der Waals surface area contributed by atoms with Gasteiger partial charge in [-0.25, -0.2) is 9.36 Å². The monoisotopic (exact) mass is 843 g/mol. The second kappa shape index (κ2) is 15.9. The van der Waals surface area contributed by atoms with Gasteiger partial charge in [-0.3, -0.25) is 9.58 Å². The molecular weight excluding hydrogens is 785 g/mol. The van der Waals surface area contributed by atoms with Gasteiger partial charge in [-0.1, -0.05) is 33.4 Å². The maximum Gasteiger partial charge on any atom is 0.246 e. The van der Waals surface area contributed by atoms with E-state index in [1.807, 2.05) is 42.5 Å². The van der Waals surface area contributed by atoms with Crippen LogP contribution in [0.2, 0.25) is 18.1 Å². The summed E-state index contributed by atoms with van der Waals surface area (Å²) >= 11 is 2.42. The Bertz CT molecular complexity index is 1850. The minimum absolute atomic E-state index is 0.0420. The molecule has 0 amide bonds. The molecule has 0 bridgehead atoms. The molecule has 52 heavy (non-hydrogen) atoms. The summed E-state index contributed by atoms with van der Waals surface area (Å²) in [7, 11) is 0.0685. The third kappa shape index (κ3) is 8.18. The Hall–Kier alpha value is -2.72. The molecule has 0 aliphatic carbocycles. The van der Waals surface area contributed by atoms with E-state index in [-0.39, 0.29) is 29.5 Å². The van der Waals surface area contributed by atoms with Crippen molar-refractivity contribution in [3.63, 3.8) is 0 Å².